The maximum Gasteiger partial charge on any atom is 0.308 e. The number of carboxylic acids is 1. The highest BCUT2D eigenvalue weighted by atomic mass is 16.4. The Balaban J connectivity index is 2.31. The molecule has 0 atom stereocenters. The number of aromatic amines is 1. The van der Waals surface area contributed by atoms with Gasteiger partial charge >= 0.3 is 5.97 Å². The topological polar surface area (TPSA) is 95.1 Å². The van der Waals surface area contributed by atoms with Crippen LogP contribution in [0, 0.1) is 0 Å². The lowest BCUT2D eigenvalue weighted by atomic mass is 10.1. The number of anilines is 1. The molecule has 0 aromatic carbocycles. The molecule has 6 heteroatoms. The van der Waals surface area contributed by atoms with Crippen LogP contribution in [0.1, 0.15) is 31.0 Å². The molecule has 0 radical (unpaired) electrons. The molecule has 17 heavy (non-hydrogen) atoms. The third kappa shape index (κ3) is 2.83. The van der Waals surface area contributed by atoms with Gasteiger partial charge in [0.15, 0.2) is 0 Å². The van der Waals surface area contributed by atoms with Gasteiger partial charge in [0.25, 0.3) is 5.56 Å². The average Bonchev–Trinajstić information content (AvgIpc) is 3.05. The van der Waals surface area contributed by atoms with Crippen molar-refractivity contribution < 1.29 is 9.90 Å². The normalized spacial score (nSPS) is 14.6. The van der Waals surface area contributed by atoms with Crippen LogP contribution in [0.25, 0.3) is 0 Å². The summed E-state index contributed by atoms with van der Waals surface area (Å²) in [5.74, 6) is -0.571. The Morgan fingerprint density at radius 1 is 1.59 bits per heavy atom. The van der Waals surface area contributed by atoms with Crippen molar-refractivity contribution in [1.29, 1.82) is 0 Å². The Morgan fingerprint density at radius 2 is 2.29 bits per heavy atom. The molecule has 1 aliphatic rings. The average molecular weight is 237 g/mol. The lowest BCUT2D eigenvalue weighted by molar-refractivity contribution is -0.136. The zero-order valence-corrected chi connectivity index (χ0v) is 9.62. The Hall–Kier alpha value is -1.85. The van der Waals surface area contributed by atoms with E-state index in [0.717, 1.165) is 12.8 Å². The molecular weight excluding hydrogens is 222 g/mol. The largest absolute Gasteiger partial charge is 0.481 e. The molecule has 0 saturated heterocycles. The molecule has 1 aromatic heterocycles. The summed E-state index contributed by atoms with van der Waals surface area (Å²) in [6.07, 6.45) is 2.44. The zero-order valence-electron chi connectivity index (χ0n) is 9.62. The van der Waals surface area contributed by atoms with E-state index in [9.17, 15) is 9.59 Å². The van der Waals surface area contributed by atoms with E-state index < -0.39 is 5.97 Å². The van der Waals surface area contributed by atoms with E-state index in [0.29, 0.717) is 24.1 Å². The highest BCUT2D eigenvalue weighted by Gasteiger charge is 2.22. The van der Waals surface area contributed by atoms with E-state index in [1.165, 1.54) is 0 Å². The highest BCUT2D eigenvalue weighted by molar-refractivity contribution is 5.70. The summed E-state index contributed by atoms with van der Waals surface area (Å²) in [5.41, 5.74) is 0.447. The number of hydrogen-bond donors (Lipinski definition) is 3. The molecule has 0 unspecified atom stereocenters. The summed E-state index contributed by atoms with van der Waals surface area (Å²) in [6, 6.07) is 0.396. The Bertz CT molecular complexity index is 491. The number of aromatic nitrogens is 2. The number of nitrogens with one attached hydrogen (secondary N) is 2. The lowest BCUT2D eigenvalue weighted by Crippen LogP contribution is -2.23. The van der Waals surface area contributed by atoms with E-state index >= 15 is 0 Å². The Labute approximate surface area is 98.1 Å². The summed E-state index contributed by atoms with van der Waals surface area (Å²) >= 11 is 0. The fourth-order valence-electron chi connectivity index (χ4n) is 1.66. The molecule has 1 saturated carbocycles. The second kappa shape index (κ2) is 4.57. The standard InChI is InChI=1S/C11H15N3O3/c1-2-8-7(5-9(15)16)10(17)14-11(13-8)12-6-3-4-6/h6H,2-5H2,1H3,(H,15,16)(H2,12,13,14,17). The highest BCUT2D eigenvalue weighted by Crippen LogP contribution is 2.22. The molecular formula is C11H15N3O3. The van der Waals surface area contributed by atoms with Gasteiger partial charge in [-0.3, -0.25) is 14.6 Å². The minimum absolute atomic E-state index is 0.251. The number of rotatable bonds is 5. The number of carbonyl (C=O) groups is 1. The van der Waals surface area contributed by atoms with E-state index in [2.05, 4.69) is 15.3 Å². The summed E-state index contributed by atoms with van der Waals surface area (Å²) in [5, 5.41) is 11.8. The molecule has 1 heterocycles. The maximum atomic E-state index is 11.8. The van der Waals surface area contributed by atoms with Gasteiger partial charge in [0.1, 0.15) is 0 Å². The van der Waals surface area contributed by atoms with Gasteiger partial charge in [-0.1, -0.05) is 6.92 Å². The van der Waals surface area contributed by atoms with Crippen LogP contribution in [0.3, 0.4) is 0 Å². The smallest absolute Gasteiger partial charge is 0.308 e. The number of nitrogens with zero attached hydrogens (tertiary/aromatic N) is 1. The number of aliphatic carboxylic acids is 1. The van der Waals surface area contributed by atoms with Crippen molar-refractivity contribution in [2.24, 2.45) is 0 Å². The van der Waals surface area contributed by atoms with Crippen LogP contribution < -0.4 is 10.9 Å². The fraction of sp³-hybridized carbons (Fsp3) is 0.545. The lowest BCUT2D eigenvalue weighted by Gasteiger charge is -2.08. The molecule has 0 amide bonds. The van der Waals surface area contributed by atoms with Crippen molar-refractivity contribution in [3.8, 4) is 0 Å². The van der Waals surface area contributed by atoms with Crippen molar-refractivity contribution in [3.05, 3.63) is 21.6 Å². The monoisotopic (exact) mass is 237 g/mol. The van der Waals surface area contributed by atoms with Crippen LogP contribution in [0.4, 0.5) is 5.95 Å². The molecule has 1 aromatic rings. The molecule has 1 fully saturated rings. The summed E-state index contributed by atoms with van der Waals surface area (Å²) in [6.45, 7) is 1.86. The van der Waals surface area contributed by atoms with Crippen molar-refractivity contribution >= 4 is 11.9 Å². The number of carboxylic acid groups (broad SMARTS) is 1. The van der Waals surface area contributed by atoms with Crippen molar-refractivity contribution in [2.45, 2.75) is 38.6 Å². The second-order valence-corrected chi connectivity index (χ2v) is 4.18. The van der Waals surface area contributed by atoms with Crippen LogP contribution in [0.2, 0.25) is 0 Å². The van der Waals surface area contributed by atoms with Crippen molar-refractivity contribution in [1.82, 2.24) is 9.97 Å². The summed E-state index contributed by atoms with van der Waals surface area (Å²) in [4.78, 5) is 29.3. The quantitative estimate of drug-likeness (QED) is 0.694. The van der Waals surface area contributed by atoms with Gasteiger partial charge in [-0.25, -0.2) is 4.98 Å². The van der Waals surface area contributed by atoms with Crippen LogP contribution in [0.5, 0.6) is 0 Å². The SMILES string of the molecule is CCc1nc(NC2CC2)[nH]c(=O)c1CC(=O)O. The van der Waals surface area contributed by atoms with Gasteiger partial charge in [-0.05, 0) is 19.3 Å². The van der Waals surface area contributed by atoms with Crippen LogP contribution in [0.15, 0.2) is 4.79 Å². The van der Waals surface area contributed by atoms with E-state index in [1.54, 1.807) is 0 Å². The van der Waals surface area contributed by atoms with Gasteiger partial charge in [0.05, 0.1) is 17.7 Å². The number of H-pyrrole nitrogens is 1. The van der Waals surface area contributed by atoms with Gasteiger partial charge in [-0.15, -0.1) is 0 Å². The van der Waals surface area contributed by atoms with Gasteiger partial charge in [0, 0.05) is 6.04 Å². The summed E-state index contributed by atoms with van der Waals surface area (Å²) < 4.78 is 0. The first-order valence-electron chi connectivity index (χ1n) is 5.70. The predicted octanol–water partition coefficient (Wildman–Crippen LogP) is 0.534. The minimum Gasteiger partial charge on any atom is -0.481 e. The Kier molecular flexibility index (Phi) is 3.12. The first kappa shape index (κ1) is 11.6. The van der Waals surface area contributed by atoms with Gasteiger partial charge in [0.2, 0.25) is 5.95 Å². The van der Waals surface area contributed by atoms with Crippen molar-refractivity contribution in [2.75, 3.05) is 5.32 Å². The summed E-state index contributed by atoms with van der Waals surface area (Å²) in [7, 11) is 0. The van der Waals surface area contributed by atoms with Crippen LogP contribution >= 0.6 is 0 Å². The molecule has 0 bridgehead atoms. The van der Waals surface area contributed by atoms with Gasteiger partial charge < -0.3 is 10.4 Å². The first-order chi connectivity index (χ1) is 8.10. The predicted molar refractivity (Wildman–Crippen MR) is 62.2 cm³/mol. The second-order valence-electron chi connectivity index (χ2n) is 4.18. The minimum atomic E-state index is -1.02. The van der Waals surface area contributed by atoms with Crippen LogP contribution in [-0.2, 0) is 17.6 Å². The third-order valence-electron chi connectivity index (χ3n) is 2.68. The fourth-order valence-corrected chi connectivity index (χ4v) is 1.66. The molecule has 2 rings (SSSR count). The molecule has 1 aliphatic carbocycles. The van der Waals surface area contributed by atoms with E-state index in [4.69, 9.17) is 5.11 Å². The van der Waals surface area contributed by atoms with E-state index in [1.807, 2.05) is 6.92 Å². The molecule has 0 spiro atoms. The van der Waals surface area contributed by atoms with Crippen molar-refractivity contribution in [3.63, 3.8) is 0 Å². The molecule has 92 valence electrons. The first-order valence-corrected chi connectivity index (χ1v) is 5.70. The third-order valence-corrected chi connectivity index (χ3v) is 2.68. The maximum absolute atomic E-state index is 11.8. The number of hydrogen-bond acceptors (Lipinski definition) is 4. The zero-order chi connectivity index (χ0) is 12.4. The molecule has 6 nitrogen and oxygen atoms in total. The Morgan fingerprint density at radius 3 is 2.82 bits per heavy atom. The number of aryl methyl sites for hydroxylation is 1. The van der Waals surface area contributed by atoms with E-state index in [-0.39, 0.29) is 17.5 Å². The van der Waals surface area contributed by atoms with Gasteiger partial charge in [-0.2, -0.15) is 0 Å². The van der Waals surface area contributed by atoms with Crippen LogP contribution in [-0.4, -0.2) is 27.1 Å². The molecule has 3 N–H and O–H groups in total. The molecule has 0 aliphatic heterocycles.